The molecular formula is C6H14O4S3. The largest absolute Gasteiger partial charge is 0.481 e. The maximum atomic E-state index is 9.72. The molecule has 0 aliphatic rings. The van der Waals surface area contributed by atoms with Crippen molar-refractivity contribution in [3.05, 3.63) is 0 Å². The number of aliphatic hydroxyl groups excluding tert-OH is 2. The van der Waals surface area contributed by atoms with E-state index in [1.54, 1.807) is 0 Å². The summed E-state index contributed by atoms with van der Waals surface area (Å²) in [6, 6.07) is 0. The van der Waals surface area contributed by atoms with Crippen LogP contribution < -0.4 is 0 Å². The molecule has 0 spiro atoms. The van der Waals surface area contributed by atoms with Gasteiger partial charge < -0.3 is 15.3 Å². The van der Waals surface area contributed by atoms with Crippen LogP contribution in [0.4, 0.5) is 0 Å². The van der Waals surface area contributed by atoms with E-state index in [0.717, 1.165) is 0 Å². The van der Waals surface area contributed by atoms with Gasteiger partial charge in [-0.05, 0) is 12.2 Å². The SMILES string of the molecule is O=C(O)CCCS.OCSSCO. The third-order valence-electron chi connectivity index (χ3n) is 0.737. The van der Waals surface area contributed by atoms with Gasteiger partial charge in [0.1, 0.15) is 0 Å². The number of thiol groups is 1. The van der Waals surface area contributed by atoms with E-state index in [2.05, 4.69) is 12.6 Å². The molecule has 0 unspecified atom stereocenters. The van der Waals surface area contributed by atoms with Crippen LogP contribution in [0.15, 0.2) is 0 Å². The molecule has 0 atom stereocenters. The van der Waals surface area contributed by atoms with Crippen LogP contribution in [0.3, 0.4) is 0 Å². The van der Waals surface area contributed by atoms with Crippen molar-refractivity contribution < 1.29 is 20.1 Å². The molecule has 0 rings (SSSR count). The van der Waals surface area contributed by atoms with Crippen LogP contribution in [-0.4, -0.2) is 38.9 Å². The number of aliphatic hydroxyl groups is 2. The van der Waals surface area contributed by atoms with Crippen LogP contribution in [-0.2, 0) is 4.79 Å². The summed E-state index contributed by atoms with van der Waals surface area (Å²) in [6.45, 7) is 0. The maximum Gasteiger partial charge on any atom is 0.303 e. The first kappa shape index (κ1) is 15.9. The fourth-order valence-corrected chi connectivity index (χ4v) is 1.06. The Morgan fingerprint density at radius 2 is 1.69 bits per heavy atom. The standard InChI is InChI=1S/C4H8O2S.C2H6O2S2/c5-4(6)2-1-3-7;3-1-5-6-2-4/h7H,1-3H2,(H,5,6);3-4H,1-2H2. The maximum absolute atomic E-state index is 9.72. The molecule has 13 heavy (non-hydrogen) atoms. The van der Waals surface area contributed by atoms with Crippen molar-refractivity contribution in [2.75, 3.05) is 17.6 Å². The summed E-state index contributed by atoms with van der Waals surface area (Å²) in [6.07, 6.45) is 0.905. The van der Waals surface area contributed by atoms with Crippen molar-refractivity contribution in [1.29, 1.82) is 0 Å². The summed E-state index contributed by atoms with van der Waals surface area (Å²) >= 11 is 3.83. The Morgan fingerprint density at radius 1 is 1.23 bits per heavy atom. The van der Waals surface area contributed by atoms with E-state index in [1.165, 1.54) is 21.6 Å². The van der Waals surface area contributed by atoms with Gasteiger partial charge in [-0.2, -0.15) is 12.6 Å². The lowest BCUT2D eigenvalue weighted by Crippen LogP contribution is -1.93. The summed E-state index contributed by atoms with van der Waals surface area (Å²) in [5.41, 5.74) is 0. The Kier molecular flexibility index (Phi) is 18.3. The minimum absolute atomic E-state index is 0.0746. The monoisotopic (exact) mass is 246 g/mol. The van der Waals surface area contributed by atoms with Crippen molar-refractivity contribution in [1.82, 2.24) is 0 Å². The van der Waals surface area contributed by atoms with Crippen LogP contribution in [0.5, 0.6) is 0 Å². The molecule has 7 heteroatoms. The minimum Gasteiger partial charge on any atom is -0.481 e. The van der Waals surface area contributed by atoms with Gasteiger partial charge in [-0.25, -0.2) is 0 Å². The lowest BCUT2D eigenvalue weighted by atomic mass is 10.3. The van der Waals surface area contributed by atoms with Crippen LogP contribution >= 0.6 is 34.2 Å². The molecule has 4 nitrogen and oxygen atoms in total. The first-order valence-electron chi connectivity index (χ1n) is 3.47. The third-order valence-corrected chi connectivity index (χ3v) is 2.56. The summed E-state index contributed by atoms with van der Waals surface area (Å²) < 4.78 is 0. The zero-order valence-electron chi connectivity index (χ0n) is 7.05. The van der Waals surface area contributed by atoms with Gasteiger partial charge >= 0.3 is 5.97 Å². The Hall–Kier alpha value is 0.440. The van der Waals surface area contributed by atoms with Gasteiger partial charge in [0.2, 0.25) is 0 Å². The quantitative estimate of drug-likeness (QED) is 0.243. The van der Waals surface area contributed by atoms with E-state index in [4.69, 9.17) is 15.3 Å². The van der Waals surface area contributed by atoms with Crippen molar-refractivity contribution in [2.24, 2.45) is 0 Å². The molecule has 0 aromatic rings. The van der Waals surface area contributed by atoms with Gasteiger partial charge in [0.25, 0.3) is 0 Å². The average Bonchev–Trinajstić information content (AvgIpc) is 2.12. The summed E-state index contributed by atoms with van der Waals surface area (Å²) in [5.74, 6) is 0.0667. The highest BCUT2D eigenvalue weighted by molar-refractivity contribution is 8.76. The van der Waals surface area contributed by atoms with Gasteiger partial charge in [0.05, 0.1) is 11.9 Å². The highest BCUT2D eigenvalue weighted by Gasteiger charge is 1.91. The second-order valence-electron chi connectivity index (χ2n) is 1.71. The normalized spacial score (nSPS) is 8.85. The molecule has 0 aliphatic heterocycles. The van der Waals surface area contributed by atoms with Crippen LogP contribution in [0, 0.1) is 0 Å². The van der Waals surface area contributed by atoms with Gasteiger partial charge in [0, 0.05) is 6.42 Å². The fourth-order valence-electron chi connectivity index (χ4n) is 0.305. The van der Waals surface area contributed by atoms with E-state index in [0.29, 0.717) is 12.2 Å². The predicted octanol–water partition coefficient (Wildman–Crippen LogP) is 1.05. The molecule has 0 fully saturated rings. The van der Waals surface area contributed by atoms with Crippen LogP contribution in [0.2, 0.25) is 0 Å². The molecule has 0 amide bonds. The van der Waals surface area contributed by atoms with Crippen LogP contribution in [0.1, 0.15) is 12.8 Å². The topological polar surface area (TPSA) is 77.8 Å². The van der Waals surface area contributed by atoms with E-state index >= 15 is 0 Å². The zero-order valence-corrected chi connectivity index (χ0v) is 9.58. The number of carboxylic acid groups (broad SMARTS) is 1. The number of aliphatic carboxylic acids is 1. The van der Waals surface area contributed by atoms with Crippen molar-refractivity contribution in [3.8, 4) is 0 Å². The minimum atomic E-state index is -0.742. The van der Waals surface area contributed by atoms with Crippen LogP contribution in [0.25, 0.3) is 0 Å². The Bertz CT molecular complexity index is 108. The molecule has 80 valence electrons. The molecular weight excluding hydrogens is 232 g/mol. The van der Waals surface area contributed by atoms with Gasteiger partial charge in [-0.1, -0.05) is 21.6 Å². The molecule has 0 aliphatic carbocycles. The first-order chi connectivity index (χ1) is 6.18. The molecule has 0 saturated heterocycles. The second-order valence-corrected chi connectivity index (χ2v) is 4.56. The van der Waals surface area contributed by atoms with E-state index < -0.39 is 5.97 Å². The van der Waals surface area contributed by atoms with Gasteiger partial charge in [-0.3, -0.25) is 4.79 Å². The average molecular weight is 246 g/mol. The number of hydrogen-bond donors (Lipinski definition) is 4. The summed E-state index contributed by atoms with van der Waals surface area (Å²) in [5, 5.41) is 24.1. The van der Waals surface area contributed by atoms with Gasteiger partial charge in [-0.15, -0.1) is 0 Å². The highest BCUT2D eigenvalue weighted by atomic mass is 33.1. The number of carboxylic acids is 1. The Balaban J connectivity index is 0. The molecule has 0 aromatic carbocycles. The predicted molar refractivity (Wildman–Crippen MR) is 60.1 cm³/mol. The zero-order chi connectivity index (χ0) is 10.5. The van der Waals surface area contributed by atoms with E-state index in [-0.39, 0.29) is 18.3 Å². The number of carbonyl (C=O) groups is 1. The first-order valence-corrected chi connectivity index (χ1v) is 6.59. The van der Waals surface area contributed by atoms with E-state index in [9.17, 15) is 4.79 Å². The summed E-state index contributed by atoms with van der Waals surface area (Å²) in [4.78, 5) is 9.72. The molecule has 0 radical (unpaired) electrons. The van der Waals surface area contributed by atoms with Crippen molar-refractivity contribution >= 4 is 40.2 Å². The number of rotatable bonds is 6. The molecule has 0 bridgehead atoms. The Labute approximate surface area is 90.9 Å². The molecule has 3 N–H and O–H groups in total. The highest BCUT2D eigenvalue weighted by Crippen LogP contribution is 2.16. The lowest BCUT2D eigenvalue weighted by Gasteiger charge is -1.85. The third kappa shape index (κ3) is 24.5. The Morgan fingerprint density at radius 3 is 1.85 bits per heavy atom. The van der Waals surface area contributed by atoms with Crippen molar-refractivity contribution in [2.45, 2.75) is 12.8 Å². The second kappa shape index (κ2) is 14.9. The fraction of sp³-hybridized carbons (Fsp3) is 0.833. The molecule has 0 heterocycles. The molecule has 0 saturated carbocycles. The lowest BCUT2D eigenvalue weighted by molar-refractivity contribution is -0.137. The smallest absolute Gasteiger partial charge is 0.303 e. The summed E-state index contributed by atoms with van der Waals surface area (Å²) in [7, 11) is 2.46. The van der Waals surface area contributed by atoms with E-state index in [1.807, 2.05) is 0 Å². The van der Waals surface area contributed by atoms with Crippen molar-refractivity contribution in [3.63, 3.8) is 0 Å². The molecule has 0 aromatic heterocycles. The van der Waals surface area contributed by atoms with Gasteiger partial charge in [0.15, 0.2) is 0 Å². The number of hydrogen-bond acceptors (Lipinski definition) is 6.